The van der Waals surface area contributed by atoms with E-state index in [1.807, 2.05) is 25.1 Å². The molecular formula is C15H16BrFN2O. The van der Waals surface area contributed by atoms with Gasteiger partial charge in [-0.2, -0.15) is 0 Å². The molecule has 0 saturated heterocycles. The number of ether oxygens (including phenoxy) is 1. The van der Waals surface area contributed by atoms with Crippen LogP contribution in [0.25, 0.3) is 0 Å². The number of halogens is 2. The van der Waals surface area contributed by atoms with Gasteiger partial charge < -0.3 is 15.8 Å². The third-order valence-electron chi connectivity index (χ3n) is 2.73. The molecule has 3 N–H and O–H groups in total. The van der Waals surface area contributed by atoms with Crippen LogP contribution in [0.15, 0.2) is 40.9 Å². The molecule has 0 heterocycles. The molecule has 0 unspecified atom stereocenters. The predicted molar refractivity (Wildman–Crippen MR) is 84.0 cm³/mol. The van der Waals surface area contributed by atoms with E-state index >= 15 is 0 Å². The van der Waals surface area contributed by atoms with Gasteiger partial charge in [0.25, 0.3) is 0 Å². The lowest BCUT2D eigenvalue weighted by Gasteiger charge is -2.13. The van der Waals surface area contributed by atoms with Crippen LogP contribution in [0.5, 0.6) is 5.75 Å². The van der Waals surface area contributed by atoms with Gasteiger partial charge in [0.1, 0.15) is 11.6 Å². The molecule has 20 heavy (non-hydrogen) atoms. The minimum Gasteiger partial charge on any atom is -0.491 e. The van der Waals surface area contributed by atoms with Gasteiger partial charge >= 0.3 is 0 Å². The van der Waals surface area contributed by atoms with Crippen LogP contribution < -0.4 is 15.8 Å². The molecule has 0 aliphatic heterocycles. The van der Waals surface area contributed by atoms with Crippen molar-refractivity contribution < 1.29 is 9.13 Å². The summed E-state index contributed by atoms with van der Waals surface area (Å²) in [5.41, 5.74) is 7.89. The fourth-order valence-corrected chi connectivity index (χ4v) is 1.97. The maximum absolute atomic E-state index is 13.5. The van der Waals surface area contributed by atoms with Crippen LogP contribution in [0.3, 0.4) is 0 Å². The van der Waals surface area contributed by atoms with Gasteiger partial charge in [-0.1, -0.05) is 13.0 Å². The van der Waals surface area contributed by atoms with Crippen molar-refractivity contribution in [1.82, 2.24) is 0 Å². The predicted octanol–water partition coefficient (Wildman–Crippen LogP) is 4.70. The summed E-state index contributed by atoms with van der Waals surface area (Å²) in [6.07, 6.45) is 0.912. The van der Waals surface area contributed by atoms with Crippen LogP contribution in [0.4, 0.5) is 21.5 Å². The summed E-state index contributed by atoms with van der Waals surface area (Å²) in [6, 6.07) is 10.3. The monoisotopic (exact) mass is 338 g/mol. The number of rotatable bonds is 5. The third kappa shape index (κ3) is 3.42. The lowest BCUT2D eigenvalue weighted by atomic mass is 10.2. The molecule has 0 spiro atoms. The van der Waals surface area contributed by atoms with Gasteiger partial charge in [-0.3, -0.25) is 0 Å². The summed E-state index contributed by atoms with van der Waals surface area (Å²) in [5, 5.41) is 3.09. The second-order valence-corrected chi connectivity index (χ2v) is 5.17. The number of nitrogens with two attached hydrogens (primary N) is 1. The largest absolute Gasteiger partial charge is 0.491 e. The van der Waals surface area contributed by atoms with Crippen LogP contribution in [0, 0.1) is 5.82 Å². The highest BCUT2D eigenvalue weighted by molar-refractivity contribution is 9.10. The highest BCUT2D eigenvalue weighted by Gasteiger charge is 2.07. The Balaban J connectivity index is 2.22. The molecule has 0 atom stereocenters. The Labute approximate surface area is 126 Å². The van der Waals surface area contributed by atoms with E-state index in [0.717, 1.165) is 6.42 Å². The Morgan fingerprint density at radius 3 is 2.80 bits per heavy atom. The minimum absolute atomic E-state index is 0.327. The maximum atomic E-state index is 13.5. The summed E-state index contributed by atoms with van der Waals surface area (Å²) in [7, 11) is 0. The fraction of sp³-hybridized carbons (Fsp3) is 0.200. The van der Waals surface area contributed by atoms with E-state index in [2.05, 4.69) is 21.2 Å². The molecule has 0 aliphatic rings. The molecule has 2 aromatic carbocycles. The topological polar surface area (TPSA) is 47.3 Å². The summed E-state index contributed by atoms with van der Waals surface area (Å²) in [6.45, 7) is 2.64. The van der Waals surface area contributed by atoms with Gasteiger partial charge in [0, 0.05) is 5.69 Å². The van der Waals surface area contributed by atoms with Crippen molar-refractivity contribution in [3.05, 3.63) is 46.7 Å². The zero-order valence-electron chi connectivity index (χ0n) is 11.1. The second kappa shape index (κ2) is 6.61. The number of nitrogens with one attached hydrogen (secondary N) is 1. The molecule has 2 aromatic rings. The summed E-state index contributed by atoms with van der Waals surface area (Å²) >= 11 is 3.12. The molecule has 106 valence electrons. The number of hydrogen-bond acceptors (Lipinski definition) is 3. The number of anilines is 3. The summed E-state index contributed by atoms with van der Waals surface area (Å²) in [4.78, 5) is 0. The summed E-state index contributed by atoms with van der Waals surface area (Å²) in [5.74, 6) is 0.307. The average molecular weight is 339 g/mol. The molecule has 0 amide bonds. The molecule has 3 nitrogen and oxygen atoms in total. The van der Waals surface area contributed by atoms with Gasteiger partial charge in [-0.15, -0.1) is 0 Å². The SMILES string of the molecule is CCCOc1cccc(Nc2ccc(Br)c(F)c2)c1N. The number of hydrogen-bond donors (Lipinski definition) is 2. The smallest absolute Gasteiger partial charge is 0.144 e. The first-order valence-corrected chi connectivity index (χ1v) is 7.14. The minimum atomic E-state index is -0.327. The molecule has 0 radical (unpaired) electrons. The van der Waals surface area contributed by atoms with Crippen LogP contribution in [-0.2, 0) is 0 Å². The van der Waals surface area contributed by atoms with Crippen molar-refractivity contribution in [2.45, 2.75) is 13.3 Å². The Morgan fingerprint density at radius 2 is 2.10 bits per heavy atom. The van der Waals surface area contributed by atoms with Crippen molar-refractivity contribution in [1.29, 1.82) is 0 Å². The quantitative estimate of drug-likeness (QED) is 0.776. The van der Waals surface area contributed by atoms with E-state index in [9.17, 15) is 4.39 Å². The Kier molecular flexibility index (Phi) is 4.84. The van der Waals surface area contributed by atoms with Gasteiger partial charge in [0.15, 0.2) is 0 Å². The lowest BCUT2D eigenvalue weighted by molar-refractivity contribution is 0.319. The van der Waals surface area contributed by atoms with Crippen LogP contribution in [0.1, 0.15) is 13.3 Å². The normalized spacial score (nSPS) is 10.3. The molecule has 0 aromatic heterocycles. The molecule has 0 aliphatic carbocycles. The van der Waals surface area contributed by atoms with Crippen molar-refractivity contribution in [3.8, 4) is 5.75 Å². The van der Waals surface area contributed by atoms with Gasteiger partial charge in [-0.05, 0) is 52.7 Å². The van der Waals surface area contributed by atoms with Crippen LogP contribution in [0.2, 0.25) is 0 Å². The highest BCUT2D eigenvalue weighted by Crippen LogP contribution is 2.32. The van der Waals surface area contributed by atoms with Gasteiger partial charge in [0.05, 0.1) is 22.5 Å². The lowest BCUT2D eigenvalue weighted by Crippen LogP contribution is -2.02. The molecule has 5 heteroatoms. The van der Waals surface area contributed by atoms with E-state index < -0.39 is 0 Å². The first kappa shape index (κ1) is 14.7. The molecule has 2 rings (SSSR count). The van der Waals surface area contributed by atoms with E-state index in [0.29, 0.717) is 33.9 Å². The van der Waals surface area contributed by atoms with Crippen LogP contribution in [-0.4, -0.2) is 6.61 Å². The van der Waals surface area contributed by atoms with Gasteiger partial charge in [0.2, 0.25) is 0 Å². The van der Waals surface area contributed by atoms with Crippen molar-refractivity contribution in [3.63, 3.8) is 0 Å². The summed E-state index contributed by atoms with van der Waals surface area (Å²) < 4.78 is 19.5. The zero-order chi connectivity index (χ0) is 14.5. The third-order valence-corrected chi connectivity index (χ3v) is 3.37. The molecule has 0 fully saturated rings. The number of benzene rings is 2. The number of nitrogen functional groups attached to an aromatic ring is 1. The highest BCUT2D eigenvalue weighted by atomic mass is 79.9. The average Bonchev–Trinajstić information content (AvgIpc) is 2.44. The second-order valence-electron chi connectivity index (χ2n) is 4.32. The van der Waals surface area contributed by atoms with Gasteiger partial charge in [-0.25, -0.2) is 4.39 Å². The Hall–Kier alpha value is -1.75. The first-order valence-electron chi connectivity index (χ1n) is 6.35. The molecule has 0 saturated carbocycles. The Morgan fingerprint density at radius 1 is 1.30 bits per heavy atom. The fourth-order valence-electron chi connectivity index (χ4n) is 1.72. The van der Waals surface area contributed by atoms with Crippen molar-refractivity contribution in [2.24, 2.45) is 0 Å². The first-order chi connectivity index (χ1) is 9.61. The number of para-hydroxylation sites is 1. The van der Waals surface area contributed by atoms with E-state index in [-0.39, 0.29) is 5.82 Å². The zero-order valence-corrected chi connectivity index (χ0v) is 12.7. The van der Waals surface area contributed by atoms with E-state index in [1.54, 1.807) is 12.1 Å². The molecular weight excluding hydrogens is 323 g/mol. The van der Waals surface area contributed by atoms with Crippen molar-refractivity contribution in [2.75, 3.05) is 17.7 Å². The Bertz CT molecular complexity index is 604. The van der Waals surface area contributed by atoms with Crippen molar-refractivity contribution >= 4 is 33.0 Å². The molecule has 0 bridgehead atoms. The van der Waals surface area contributed by atoms with E-state index in [1.165, 1.54) is 6.07 Å². The standard InChI is InChI=1S/C15H16BrFN2O/c1-2-8-20-14-5-3-4-13(15(14)18)19-10-6-7-11(16)12(17)9-10/h3-7,9,19H,2,8,18H2,1H3. The maximum Gasteiger partial charge on any atom is 0.144 e. The van der Waals surface area contributed by atoms with E-state index in [4.69, 9.17) is 10.5 Å². The van der Waals surface area contributed by atoms with Crippen LogP contribution >= 0.6 is 15.9 Å².